The molecule has 1 heterocycles. The van der Waals surface area contributed by atoms with Crippen molar-refractivity contribution in [2.24, 2.45) is 0 Å². The van der Waals surface area contributed by atoms with Crippen LogP contribution in [0.5, 0.6) is 0 Å². The van der Waals surface area contributed by atoms with Crippen molar-refractivity contribution in [3.05, 3.63) is 18.1 Å². The third kappa shape index (κ3) is 4.51. The van der Waals surface area contributed by atoms with Crippen molar-refractivity contribution in [3.63, 3.8) is 0 Å². The van der Waals surface area contributed by atoms with Crippen LogP contribution in [0.3, 0.4) is 0 Å². The van der Waals surface area contributed by atoms with Gasteiger partial charge in [0.2, 0.25) is 0 Å². The quantitative estimate of drug-likeness (QED) is 0.807. The summed E-state index contributed by atoms with van der Waals surface area (Å²) in [5.74, 6) is 2.74. The van der Waals surface area contributed by atoms with E-state index in [0.29, 0.717) is 5.25 Å². The molecule has 1 N–H and O–H groups in total. The molecule has 1 aromatic rings. The maximum Gasteiger partial charge on any atom is 0.140 e. The fourth-order valence-corrected chi connectivity index (χ4v) is 1.89. The highest BCUT2D eigenvalue weighted by Crippen LogP contribution is 2.18. The molecule has 0 spiro atoms. The minimum atomic E-state index is 0.677. The molecule has 0 aromatic carbocycles. The van der Waals surface area contributed by atoms with Gasteiger partial charge in [-0.2, -0.15) is 11.8 Å². The molecule has 0 saturated heterocycles. The fraction of sp³-hybridized carbons (Fsp3) is 0.636. The Balaban J connectivity index is 2.50. The lowest BCUT2D eigenvalue weighted by molar-refractivity contribution is 0.901. The van der Waals surface area contributed by atoms with Gasteiger partial charge < -0.3 is 5.32 Å². The van der Waals surface area contributed by atoms with E-state index in [9.17, 15) is 0 Å². The lowest BCUT2D eigenvalue weighted by atomic mass is 10.4. The van der Waals surface area contributed by atoms with Crippen molar-refractivity contribution >= 4 is 17.6 Å². The van der Waals surface area contributed by atoms with Crippen LogP contribution in [-0.4, -0.2) is 21.8 Å². The molecule has 15 heavy (non-hydrogen) atoms. The first-order valence-corrected chi connectivity index (χ1v) is 6.48. The molecule has 0 aliphatic carbocycles. The Morgan fingerprint density at radius 2 is 2.27 bits per heavy atom. The van der Waals surface area contributed by atoms with Crippen LogP contribution in [0.4, 0.5) is 5.82 Å². The fourth-order valence-electron chi connectivity index (χ4n) is 1.08. The molecule has 3 nitrogen and oxygen atoms in total. The Kier molecular flexibility index (Phi) is 5.47. The van der Waals surface area contributed by atoms with Gasteiger partial charge >= 0.3 is 0 Å². The topological polar surface area (TPSA) is 37.8 Å². The normalized spacial score (nSPS) is 12.5. The van der Waals surface area contributed by atoms with Crippen molar-refractivity contribution in [2.75, 3.05) is 11.9 Å². The molecule has 0 saturated carbocycles. The van der Waals surface area contributed by atoms with Crippen molar-refractivity contribution in [3.8, 4) is 0 Å². The number of aromatic nitrogens is 2. The standard InChI is InChI=1S/C11H19N3S/c1-4-9(3)15-8-11-13-7-6-10(14-11)12-5-2/h6-7,9H,4-5,8H2,1-3H3,(H,12,13,14). The Morgan fingerprint density at radius 3 is 2.93 bits per heavy atom. The molecule has 84 valence electrons. The monoisotopic (exact) mass is 225 g/mol. The van der Waals surface area contributed by atoms with Gasteiger partial charge in [0.05, 0.1) is 5.75 Å². The van der Waals surface area contributed by atoms with E-state index >= 15 is 0 Å². The number of hydrogen-bond donors (Lipinski definition) is 1. The van der Waals surface area contributed by atoms with E-state index in [1.165, 1.54) is 6.42 Å². The van der Waals surface area contributed by atoms with Gasteiger partial charge in [-0.1, -0.05) is 13.8 Å². The third-order valence-corrected chi connectivity index (χ3v) is 3.46. The molecule has 0 aliphatic rings. The minimum absolute atomic E-state index is 0.677. The van der Waals surface area contributed by atoms with Crippen molar-refractivity contribution in [1.29, 1.82) is 0 Å². The largest absolute Gasteiger partial charge is 0.370 e. The van der Waals surface area contributed by atoms with Gasteiger partial charge in [-0.25, -0.2) is 9.97 Å². The zero-order chi connectivity index (χ0) is 11.1. The average Bonchev–Trinajstić information content (AvgIpc) is 2.27. The first-order chi connectivity index (χ1) is 7.26. The molecule has 4 heteroatoms. The maximum absolute atomic E-state index is 4.43. The van der Waals surface area contributed by atoms with E-state index in [1.807, 2.05) is 24.0 Å². The lowest BCUT2D eigenvalue weighted by Gasteiger charge is -2.08. The van der Waals surface area contributed by atoms with E-state index in [4.69, 9.17) is 0 Å². The Bertz CT molecular complexity index is 291. The van der Waals surface area contributed by atoms with Crippen LogP contribution in [0.1, 0.15) is 33.0 Å². The Morgan fingerprint density at radius 1 is 1.47 bits per heavy atom. The molecule has 0 aliphatic heterocycles. The summed E-state index contributed by atoms with van der Waals surface area (Å²) < 4.78 is 0. The van der Waals surface area contributed by atoms with Gasteiger partial charge in [-0.15, -0.1) is 0 Å². The number of anilines is 1. The van der Waals surface area contributed by atoms with Crippen molar-refractivity contribution in [2.45, 2.75) is 38.2 Å². The third-order valence-electron chi connectivity index (χ3n) is 2.14. The van der Waals surface area contributed by atoms with E-state index in [1.54, 1.807) is 0 Å². The van der Waals surface area contributed by atoms with E-state index < -0.39 is 0 Å². The number of nitrogens with zero attached hydrogens (tertiary/aromatic N) is 2. The minimum Gasteiger partial charge on any atom is -0.370 e. The van der Waals surface area contributed by atoms with Crippen LogP contribution in [0.25, 0.3) is 0 Å². The highest BCUT2D eigenvalue weighted by Gasteiger charge is 2.02. The smallest absolute Gasteiger partial charge is 0.140 e. The van der Waals surface area contributed by atoms with Gasteiger partial charge in [-0.3, -0.25) is 0 Å². The van der Waals surface area contributed by atoms with Crippen LogP contribution >= 0.6 is 11.8 Å². The highest BCUT2D eigenvalue weighted by molar-refractivity contribution is 7.99. The summed E-state index contributed by atoms with van der Waals surface area (Å²) in [5, 5.41) is 3.87. The zero-order valence-electron chi connectivity index (χ0n) is 9.66. The van der Waals surface area contributed by atoms with Gasteiger partial charge in [0.15, 0.2) is 0 Å². The van der Waals surface area contributed by atoms with Crippen LogP contribution in [0, 0.1) is 0 Å². The molecule has 1 rings (SSSR count). The Hall–Kier alpha value is -0.770. The number of nitrogens with one attached hydrogen (secondary N) is 1. The predicted molar refractivity (Wildman–Crippen MR) is 67.2 cm³/mol. The number of thioether (sulfide) groups is 1. The van der Waals surface area contributed by atoms with Gasteiger partial charge in [0, 0.05) is 18.0 Å². The summed E-state index contributed by atoms with van der Waals surface area (Å²) in [6.45, 7) is 7.40. The van der Waals surface area contributed by atoms with Crippen LogP contribution in [-0.2, 0) is 5.75 Å². The summed E-state index contributed by atoms with van der Waals surface area (Å²) in [6.07, 6.45) is 3.01. The summed E-state index contributed by atoms with van der Waals surface area (Å²) >= 11 is 1.90. The maximum atomic E-state index is 4.43. The lowest BCUT2D eigenvalue weighted by Crippen LogP contribution is -2.03. The summed E-state index contributed by atoms with van der Waals surface area (Å²) in [5.41, 5.74) is 0. The molecule has 0 radical (unpaired) electrons. The molecule has 0 fully saturated rings. The molecule has 1 atom stereocenters. The molecule has 0 bridgehead atoms. The molecule has 0 amide bonds. The van der Waals surface area contributed by atoms with Crippen LogP contribution < -0.4 is 5.32 Å². The van der Waals surface area contributed by atoms with Gasteiger partial charge in [-0.05, 0) is 19.4 Å². The number of rotatable bonds is 6. The molecular weight excluding hydrogens is 206 g/mol. The number of hydrogen-bond acceptors (Lipinski definition) is 4. The van der Waals surface area contributed by atoms with Crippen molar-refractivity contribution in [1.82, 2.24) is 9.97 Å². The van der Waals surface area contributed by atoms with Crippen molar-refractivity contribution < 1.29 is 0 Å². The van der Waals surface area contributed by atoms with E-state index in [0.717, 1.165) is 23.9 Å². The van der Waals surface area contributed by atoms with Crippen LogP contribution in [0.2, 0.25) is 0 Å². The van der Waals surface area contributed by atoms with Crippen LogP contribution in [0.15, 0.2) is 12.3 Å². The summed E-state index contributed by atoms with van der Waals surface area (Å²) in [7, 11) is 0. The molecule has 1 aromatic heterocycles. The SMILES string of the molecule is CCNc1ccnc(CSC(C)CC)n1. The predicted octanol–water partition coefficient (Wildman–Crippen LogP) is 2.94. The molecular formula is C11H19N3S. The Labute approximate surface area is 96.1 Å². The van der Waals surface area contributed by atoms with Gasteiger partial charge in [0.25, 0.3) is 0 Å². The van der Waals surface area contributed by atoms with Gasteiger partial charge in [0.1, 0.15) is 11.6 Å². The molecule has 1 unspecified atom stereocenters. The van der Waals surface area contributed by atoms with E-state index in [2.05, 4.69) is 36.1 Å². The zero-order valence-corrected chi connectivity index (χ0v) is 10.5. The first-order valence-electron chi connectivity index (χ1n) is 5.43. The highest BCUT2D eigenvalue weighted by atomic mass is 32.2. The first kappa shape index (κ1) is 12.3. The second kappa shape index (κ2) is 6.67. The second-order valence-electron chi connectivity index (χ2n) is 3.42. The summed E-state index contributed by atoms with van der Waals surface area (Å²) in [6, 6.07) is 1.90. The van der Waals surface area contributed by atoms with E-state index in [-0.39, 0.29) is 0 Å². The second-order valence-corrected chi connectivity index (χ2v) is 4.85. The summed E-state index contributed by atoms with van der Waals surface area (Å²) in [4.78, 5) is 8.68. The average molecular weight is 225 g/mol.